The van der Waals surface area contributed by atoms with Crippen LogP contribution in [0.5, 0.6) is 0 Å². The van der Waals surface area contributed by atoms with Crippen LogP contribution in [0.25, 0.3) is 0 Å². The van der Waals surface area contributed by atoms with Gasteiger partial charge in [0.2, 0.25) is 15.6 Å². The molecule has 1 heterocycles. The van der Waals surface area contributed by atoms with E-state index in [0.717, 1.165) is 5.69 Å². The molecule has 0 fully saturated rings. The van der Waals surface area contributed by atoms with Crippen molar-refractivity contribution in [1.82, 2.24) is 0 Å². The molecule has 4 nitrogen and oxygen atoms in total. The second-order valence-electron chi connectivity index (χ2n) is 4.35. The molecule has 5 heteroatoms. The number of fused-ring (bicyclic) bond motifs is 1. The van der Waals surface area contributed by atoms with Gasteiger partial charge in [0.05, 0.1) is 4.90 Å². The maximum absolute atomic E-state index is 12.3. The number of anilines is 1. The molecular weight excluding hydrogens is 274 g/mol. The van der Waals surface area contributed by atoms with Crippen LogP contribution in [-0.2, 0) is 9.84 Å². The van der Waals surface area contributed by atoms with Crippen molar-refractivity contribution >= 4 is 21.3 Å². The molecule has 1 aliphatic rings. The predicted octanol–water partition coefficient (Wildman–Crippen LogP) is 2.61. The summed E-state index contributed by atoms with van der Waals surface area (Å²) in [5.41, 5.74) is 0.951. The summed E-state index contributed by atoms with van der Waals surface area (Å²) in [4.78, 5) is 12.0. The van der Waals surface area contributed by atoms with Gasteiger partial charge >= 0.3 is 0 Å². The maximum Gasteiger partial charge on any atom is 0.212 e. The van der Waals surface area contributed by atoms with Crippen LogP contribution in [0.2, 0.25) is 0 Å². The number of hydrogen-bond donors (Lipinski definition) is 1. The number of para-hydroxylation sites is 1. The number of carbonyl (C=O) groups is 1. The second-order valence-corrected chi connectivity index (χ2v) is 6.23. The molecule has 20 heavy (non-hydrogen) atoms. The first-order valence-corrected chi connectivity index (χ1v) is 7.49. The molecule has 2 aromatic carbocycles. The number of rotatable bonds is 2. The van der Waals surface area contributed by atoms with E-state index in [-0.39, 0.29) is 15.4 Å². The number of nitrogens with one attached hydrogen (secondary N) is 1. The average molecular weight is 285 g/mol. The zero-order valence-corrected chi connectivity index (χ0v) is 11.2. The summed E-state index contributed by atoms with van der Waals surface area (Å²) in [5, 5.41) is 2.85. The molecule has 3 rings (SSSR count). The quantitative estimate of drug-likeness (QED) is 0.861. The van der Waals surface area contributed by atoms with Crippen LogP contribution in [0, 0.1) is 0 Å². The van der Waals surface area contributed by atoms with Gasteiger partial charge in [-0.2, -0.15) is 0 Å². The van der Waals surface area contributed by atoms with Gasteiger partial charge in [0, 0.05) is 17.5 Å². The summed E-state index contributed by atoms with van der Waals surface area (Å²) in [7, 11) is -3.72. The number of ketones is 1. The van der Waals surface area contributed by atoms with Crippen molar-refractivity contribution < 1.29 is 13.2 Å². The number of hydrogen-bond acceptors (Lipinski definition) is 4. The Labute approximate surface area is 116 Å². The average Bonchev–Trinajstić information content (AvgIpc) is 2.66. The Bertz CT molecular complexity index is 808. The van der Waals surface area contributed by atoms with E-state index in [2.05, 4.69) is 5.32 Å². The van der Waals surface area contributed by atoms with Crippen molar-refractivity contribution in [1.29, 1.82) is 0 Å². The Hall–Kier alpha value is -2.40. The van der Waals surface area contributed by atoms with E-state index in [1.165, 1.54) is 18.3 Å². The number of sulfone groups is 1. The predicted molar refractivity (Wildman–Crippen MR) is 76.1 cm³/mol. The third kappa shape index (κ3) is 1.92. The van der Waals surface area contributed by atoms with Gasteiger partial charge in [-0.25, -0.2) is 8.42 Å². The lowest BCUT2D eigenvalue weighted by Crippen LogP contribution is -2.05. The summed E-state index contributed by atoms with van der Waals surface area (Å²) in [5.74, 6) is -0.468. The summed E-state index contributed by atoms with van der Waals surface area (Å²) in [6.07, 6.45) is 1.26. The number of benzene rings is 2. The Morgan fingerprint density at radius 2 is 1.55 bits per heavy atom. The van der Waals surface area contributed by atoms with Crippen molar-refractivity contribution in [2.24, 2.45) is 0 Å². The van der Waals surface area contributed by atoms with E-state index in [4.69, 9.17) is 0 Å². The minimum atomic E-state index is -3.72. The molecule has 0 aromatic heterocycles. The van der Waals surface area contributed by atoms with Crippen LogP contribution in [0.3, 0.4) is 0 Å². The molecule has 1 N–H and O–H groups in total. The fraction of sp³-hybridized carbons (Fsp3) is 0. The zero-order valence-electron chi connectivity index (χ0n) is 10.4. The zero-order chi connectivity index (χ0) is 14.2. The molecule has 1 aliphatic heterocycles. The van der Waals surface area contributed by atoms with Crippen molar-refractivity contribution in [3.63, 3.8) is 0 Å². The first kappa shape index (κ1) is 12.6. The summed E-state index contributed by atoms with van der Waals surface area (Å²) >= 11 is 0. The molecule has 100 valence electrons. The topological polar surface area (TPSA) is 63.2 Å². The van der Waals surface area contributed by atoms with Gasteiger partial charge < -0.3 is 5.32 Å². The highest BCUT2D eigenvalue weighted by molar-refractivity contribution is 7.97. The van der Waals surface area contributed by atoms with Gasteiger partial charge in [-0.15, -0.1) is 0 Å². The van der Waals surface area contributed by atoms with Crippen molar-refractivity contribution in [2.75, 3.05) is 5.32 Å². The SMILES string of the molecule is O=C1C(=CNc2ccccc2)S(=O)(=O)c2ccccc21. The van der Waals surface area contributed by atoms with Gasteiger partial charge in [-0.05, 0) is 24.3 Å². The Morgan fingerprint density at radius 3 is 2.25 bits per heavy atom. The largest absolute Gasteiger partial charge is 0.360 e. The third-order valence-corrected chi connectivity index (χ3v) is 4.90. The van der Waals surface area contributed by atoms with Gasteiger partial charge in [-0.3, -0.25) is 4.79 Å². The highest BCUT2D eigenvalue weighted by Crippen LogP contribution is 2.33. The molecule has 0 saturated carbocycles. The number of carbonyl (C=O) groups excluding carboxylic acids is 1. The molecule has 0 radical (unpaired) electrons. The first-order chi connectivity index (χ1) is 9.60. The van der Waals surface area contributed by atoms with Crippen molar-refractivity contribution in [2.45, 2.75) is 4.90 Å². The van der Waals surface area contributed by atoms with Gasteiger partial charge in [0.25, 0.3) is 0 Å². The molecule has 2 aromatic rings. The van der Waals surface area contributed by atoms with Crippen LogP contribution >= 0.6 is 0 Å². The summed E-state index contributed by atoms with van der Waals surface area (Å²) in [6, 6.07) is 15.3. The van der Waals surface area contributed by atoms with Crippen LogP contribution in [0.4, 0.5) is 5.69 Å². The first-order valence-electron chi connectivity index (χ1n) is 6.01. The fourth-order valence-corrected chi connectivity index (χ4v) is 3.60. The molecular formula is C15H11NO3S. The van der Waals surface area contributed by atoms with Gasteiger partial charge in [0.15, 0.2) is 0 Å². The van der Waals surface area contributed by atoms with Crippen LogP contribution in [0.1, 0.15) is 10.4 Å². The van der Waals surface area contributed by atoms with Gasteiger partial charge in [-0.1, -0.05) is 30.3 Å². The second kappa shape index (κ2) is 4.61. The minimum Gasteiger partial charge on any atom is -0.360 e. The summed E-state index contributed by atoms with van der Waals surface area (Å²) < 4.78 is 24.6. The maximum atomic E-state index is 12.3. The minimum absolute atomic E-state index is 0.0751. The number of allylic oxidation sites excluding steroid dienone is 1. The van der Waals surface area contributed by atoms with Gasteiger partial charge in [0.1, 0.15) is 4.91 Å². The van der Waals surface area contributed by atoms with E-state index in [1.807, 2.05) is 18.2 Å². The molecule has 0 amide bonds. The molecule has 0 bridgehead atoms. The normalized spacial score (nSPS) is 18.0. The van der Waals surface area contributed by atoms with Crippen LogP contribution in [-0.4, -0.2) is 14.2 Å². The van der Waals surface area contributed by atoms with Crippen molar-refractivity contribution in [3.05, 3.63) is 71.3 Å². The standard InChI is InChI=1S/C15H11NO3S/c17-15-12-8-4-5-9-13(12)20(18,19)14(15)10-16-11-6-2-1-3-7-11/h1-10,16H. The lowest BCUT2D eigenvalue weighted by atomic mass is 10.1. The molecule has 0 unspecified atom stereocenters. The molecule has 0 spiro atoms. The van der Waals surface area contributed by atoms with E-state index < -0.39 is 15.6 Å². The molecule has 0 aliphatic carbocycles. The molecule has 0 atom stereocenters. The third-order valence-electron chi connectivity index (χ3n) is 3.08. The van der Waals surface area contributed by atoms with Crippen LogP contribution in [0.15, 0.2) is 70.6 Å². The van der Waals surface area contributed by atoms with E-state index in [0.29, 0.717) is 0 Å². The Kier molecular flexibility index (Phi) is 2.91. The lowest BCUT2D eigenvalue weighted by Gasteiger charge is -2.01. The molecule has 0 saturated heterocycles. The highest BCUT2D eigenvalue weighted by atomic mass is 32.2. The van der Waals surface area contributed by atoms with Crippen molar-refractivity contribution in [3.8, 4) is 0 Å². The summed E-state index contributed by atoms with van der Waals surface area (Å²) in [6.45, 7) is 0. The van der Waals surface area contributed by atoms with E-state index >= 15 is 0 Å². The smallest absolute Gasteiger partial charge is 0.212 e. The fourth-order valence-electron chi connectivity index (χ4n) is 2.09. The number of Topliss-reactive ketones (excluding diaryl/α,β-unsaturated/α-hetero) is 1. The lowest BCUT2D eigenvalue weighted by molar-refractivity contribution is 0.104. The monoisotopic (exact) mass is 285 g/mol. The Balaban J connectivity index is 2.02. The Morgan fingerprint density at radius 1 is 0.900 bits per heavy atom. The van der Waals surface area contributed by atoms with E-state index in [9.17, 15) is 13.2 Å². The van der Waals surface area contributed by atoms with E-state index in [1.54, 1.807) is 24.3 Å². The van der Waals surface area contributed by atoms with Crippen LogP contribution < -0.4 is 5.32 Å². The highest BCUT2D eigenvalue weighted by Gasteiger charge is 2.38.